The molecule has 25 heavy (non-hydrogen) atoms. The maximum absolute atomic E-state index is 9.47. The average molecular weight is 345 g/mol. The standard InChI is InChI=1S/C19H27N3O3/c1-15-11-16(3-4-19(15)24-2)12-22-8-7-21(14-18(22)5-9-23)13-17-6-10-25-20-17/h3-4,6,10-11,18,23H,5,7-9,12-14H2,1-2H3/t18-/m1/s1. The lowest BCUT2D eigenvalue weighted by Crippen LogP contribution is -2.52. The zero-order valence-electron chi connectivity index (χ0n) is 15.0. The third-order valence-electron chi connectivity index (χ3n) is 4.87. The van der Waals surface area contributed by atoms with E-state index in [-0.39, 0.29) is 6.61 Å². The maximum atomic E-state index is 9.47. The molecule has 0 bridgehead atoms. The molecule has 0 radical (unpaired) electrons. The van der Waals surface area contributed by atoms with E-state index < -0.39 is 0 Å². The van der Waals surface area contributed by atoms with E-state index in [0.29, 0.717) is 6.04 Å². The van der Waals surface area contributed by atoms with Crippen LogP contribution in [0.2, 0.25) is 0 Å². The monoisotopic (exact) mass is 345 g/mol. The lowest BCUT2D eigenvalue weighted by molar-refractivity contribution is 0.0489. The number of aryl methyl sites for hydroxylation is 1. The number of piperazine rings is 1. The summed E-state index contributed by atoms with van der Waals surface area (Å²) in [5, 5.41) is 13.5. The number of aliphatic hydroxyl groups excluding tert-OH is 1. The molecule has 2 aromatic rings. The Morgan fingerprint density at radius 3 is 2.84 bits per heavy atom. The van der Waals surface area contributed by atoms with Crippen molar-refractivity contribution in [3.8, 4) is 5.75 Å². The third kappa shape index (κ3) is 4.60. The van der Waals surface area contributed by atoms with E-state index in [1.165, 1.54) is 5.56 Å². The van der Waals surface area contributed by atoms with Crippen molar-refractivity contribution in [2.45, 2.75) is 32.5 Å². The van der Waals surface area contributed by atoms with Crippen molar-refractivity contribution in [2.75, 3.05) is 33.4 Å². The van der Waals surface area contributed by atoms with Crippen LogP contribution in [0.5, 0.6) is 5.75 Å². The number of nitrogens with zero attached hydrogens (tertiary/aromatic N) is 3. The second kappa shape index (κ2) is 8.47. The highest BCUT2D eigenvalue weighted by atomic mass is 16.5. The van der Waals surface area contributed by atoms with Crippen LogP contribution >= 0.6 is 0 Å². The predicted molar refractivity (Wildman–Crippen MR) is 95.4 cm³/mol. The van der Waals surface area contributed by atoms with Crippen LogP contribution in [0.15, 0.2) is 35.1 Å². The summed E-state index contributed by atoms with van der Waals surface area (Å²) in [6.07, 6.45) is 2.40. The molecule has 2 heterocycles. The molecule has 1 N–H and O–H groups in total. The smallest absolute Gasteiger partial charge is 0.124 e. The zero-order chi connectivity index (χ0) is 17.6. The molecule has 1 aliphatic heterocycles. The summed E-state index contributed by atoms with van der Waals surface area (Å²) in [5.74, 6) is 0.924. The minimum atomic E-state index is 0.209. The van der Waals surface area contributed by atoms with E-state index in [1.54, 1.807) is 13.4 Å². The number of aromatic nitrogens is 1. The Balaban J connectivity index is 1.63. The molecular weight excluding hydrogens is 318 g/mol. The first-order chi connectivity index (χ1) is 12.2. The van der Waals surface area contributed by atoms with Gasteiger partial charge < -0.3 is 14.4 Å². The van der Waals surface area contributed by atoms with Gasteiger partial charge in [-0.05, 0) is 30.5 Å². The highest BCUT2D eigenvalue weighted by Crippen LogP contribution is 2.22. The predicted octanol–water partition coefficient (Wildman–Crippen LogP) is 2.06. The van der Waals surface area contributed by atoms with Crippen LogP contribution in [0.4, 0.5) is 0 Å². The quantitative estimate of drug-likeness (QED) is 0.829. The molecule has 1 aromatic heterocycles. The SMILES string of the molecule is COc1ccc(CN2CCN(Cc3ccon3)C[C@H]2CCO)cc1C. The summed E-state index contributed by atoms with van der Waals surface area (Å²) in [5.41, 5.74) is 3.40. The third-order valence-corrected chi connectivity index (χ3v) is 4.87. The normalized spacial score (nSPS) is 19.2. The van der Waals surface area contributed by atoms with Gasteiger partial charge in [0.05, 0.1) is 12.8 Å². The molecule has 3 rings (SSSR count). The van der Waals surface area contributed by atoms with Gasteiger partial charge in [-0.2, -0.15) is 0 Å². The van der Waals surface area contributed by atoms with Gasteiger partial charge >= 0.3 is 0 Å². The molecule has 1 aliphatic rings. The van der Waals surface area contributed by atoms with Crippen molar-refractivity contribution in [3.63, 3.8) is 0 Å². The van der Waals surface area contributed by atoms with Crippen LogP contribution in [0, 0.1) is 6.92 Å². The molecule has 6 nitrogen and oxygen atoms in total. The fourth-order valence-corrected chi connectivity index (χ4v) is 3.55. The molecule has 0 saturated carbocycles. The lowest BCUT2D eigenvalue weighted by atomic mass is 10.1. The molecule has 0 spiro atoms. The number of hydrogen-bond donors (Lipinski definition) is 1. The van der Waals surface area contributed by atoms with Crippen LogP contribution in [0.3, 0.4) is 0 Å². The lowest BCUT2D eigenvalue weighted by Gasteiger charge is -2.41. The Labute approximate surface area is 149 Å². The Bertz CT molecular complexity index is 660. The van der Waals surface area contributed by atoms with Crippen LogP contribution in [-0.4, -0.2) is 59.5 Å². The minimum absolute atomic E-state index is 0.209. The van der Waals surface area contributed by atoms with Crippen LogP contribution in [0.25, 0.3) is 0 Å². The Morgan fingerprint density at radius 2 is 2.16 bits per heavy atom. The first-order valence-electron chi connectivity index (χ1n) is 8.79. The molecule has 6 heteroatoms. The highest BCUT2D eigenvalue weighted by molar-refractivity contribution is 5.36. The molecule has 0 aliphatic carbocycles. The summed E-state index contributed by atoms with van der Waals surface area (Å²) in [4.78, 5) is 4.85. The van der Waals surface area contributed by atoms with Crippen molar-refractivity contribution in [2.24, 2.45) is 0 Å². The fourth-order valence-electron chi connectivity index (χ4n) is 3.55. The van der Waals surface area contributed by atoms with Gasteiger partial charge in [0, 0.05) is 51.4 Å². The number of benzene rings is 1. The molecule has 1 fully saturated rings. The topological polar surface area (TPSA) is 62.0 Å². The van der Waals surface area contributed by atoms with Crippen LogP contribution in [0.1, 0.15) is 23.2 Å². The largest absolute Gasteiger partial charge is 0.496 e. The van der Waals surface area contributed by atoms with Crippen molar-refractivity contribution in [1.82, 2.24) is 15.0 Å². The van der Waals surface area contributed by atoms with E-state index in [0.717, 1.165) is 56.2 Å². The fraction of sp³-hybridized carbons (Fsp3) is 0.526. The van der Waals surface area contributed by atoms with E-state index >= 15 is 0 Å². The van der Waals surface area contributed by atoms with Gasteiger partial charge in [0.1, 0.15) is 12.0 Å². The first kappa shape index (κ1) is 17.9. The summed E-state index contributed by atoms with van der Waals surface area (Å²) >= 11 is 0. The number of rotatable bonds is 7. The van der Waals surface area contributed by atoms with Gasteiger partial charge in [-0.3, -0.25) is 9.80 Å². The first-order valence-corrected chi connectivity index (χ1v) is 8.79. The second-order valence-corrected chi connectivity index (χ2v) is 6.67. The molecule has 0 amide bonds. The van der Waals surface area contributed by atoms with Gasteiger partial charge in [-0.1, -0.05) is 17.3 Å². The Kier molecular flexibility index (Phi) is 6.07. The van der Waals surface area contributed by atoms with Crippen molar-refractivity contribution >= 4 is 0 Å². The highest BCUT2D eigenvalue weighted by Gasteiger charge is 2.27. The summed E-state index contributed by atoms with van der Waals surface area (Å²) < 4.78 is 10.3. The van der Waals surface area contributed by atoms with Crippen molar-refractivity contribution in [3.05, 3.63) is 47.3 Å². The number of hydrogen-bond acceptors (Lipinski definition) is 6. The molecule has 136 valence electrons. The van der Waals surface area contributed by atoms with E-state index in [9.17, 15) is 5.11 Å². The summed E-state index contributed by atoms with van der Waals surface area (Å²) in [6.45, 7) is 6.88. The number of ether oxygens (including phenoxy) is 1. The molecule has 0 unspecified atom stereocenters. The average Bonchev–Trinajstić information content (AvgIpc) is 3.11. The van der Waals surface area contributed by atoms with E-state index in [1.807, 2.05) is 12.1 Å². The molecule has 1 saturated heterocycles. The Hall–Kier alpha value is -1.89. The van der Waals surface area contributed by atoms with Crippen molar-refractivity contribution < 1.29 is 14.4 Å². The van der Waals surface area contributed by atoms with E-state index in [4.69, 9.17) is 9.26 Å². The maximum Gasteiger partial charge on any atom is 0.124 e. The van der Waals surface area contributed by atoms with Gasteiger partial charge in [-0.25, -0.2) is 0 Å². The minimum Gasteiger partial charge on any atom is -0.496 e. The molecule has 1 aromatic carbocycles. The summed E-state index contributed by atoms with van der Waals surface area (Å²) in [6, 6.07) is 8.60. The van der Waals surface area contributed by atoms with Crippen LogP contribution in [-0.2, 0) is 13.1 Å². The number of aliphatic hydroxyl groups is 1. The van der Waals surface area contributed by atoms with Gasteiger partial charge in [0.2, 0.25) is 0 Å². The molecular formula is C19H27N3O3. The summed E-state index contributed by atoms with van der Waals surface area (Å²) in [7, 11) is 1.70. The van der Waals surface area contributed by atoms with Crippen LogP contribution < -0.4 is 4.74 Å². The zero-order valence-corrected chi connectivity index (χ0v) is 15.0. The van der Waals surface area contributed by atoms with E-state index in [2.05, 4.69) is 34.0 Å². The Morgan fingerprint density at radius 1 is 1.28 bits per heavy atom. The van der Waals surface area contributed by atoms with Gasteiger partial charge in [0.25, 0.3) is 0 Å². The molecule has 1 atom stereocenters. The van der Waals surface area contributed by atoms with Crippen molar-refractivity contribution in [1.29, 1.82) is 0 Å². The van der Waals surface area contributed by atoms with Gasteiger partial charge in [0.15, 0.2) is 0 Å². The number of methoxy groups -OCH3 is 1. The van der Waals surface area contributed by atoms with Gasteiger partial charge in [-0.15, -0.1) is 0 Å². The second-order valence-electron chi connectivity index (χ2n) is 6.67.